The van der Waals surface area contributed by atoms with E-state index in [2.05, 4.69) is 14.3 Å². The van der Waals surface area contributed by atoms with Crippen LogP contribution in [0.5, 0.6) is 0 Å². The van der Waals surface area contributed by atoms with Crippen LogP contribution in [0.25, 0.3) is 0 Å². The van der Waals surface area contributed by atoms with E-state index in [-0.39, 0.29) is 23.9 Å². The first kappa shape index (κ1) is 14.4. The second kappa shape index (κ2) is 5.34. The molecular formula is C13H17N3O4S. The summed E-state index contributed by atoms with van der Waals surface area (Å²) in [6, 6.07) is 0. The van der Waals surface area contributed by atoms with Crippen LogP contribution in [-0.4, -0.2) is 57.0 Å². The van der Waals surface area contributed by atoms with E-state index in [0.29, 0.717) is 6.54 Å². The van der Waals surface area contributed by atoms with Crippen LogP contribution in [0, 0.1) is 5.92 Å². The summed E-state index contributed by atoms with van der Waals surface area (Å²) in [7, 11) is 0. The van der Waals surface area contributed by atoms with Gasteiger partial charge >= 0.3 is 11.9 Å². The van der Waals surface area contributed by atoms with Gasteiger partial charge in [0.25, 0.3) is 0 Å². The molecule has 1 aromatic rings. The fourth-order valence-corrected chi connectivity index (χ4v) is 3.99. The number of hydrogen-bond acceptors (Lipinski definition) is 7. The molecule has 8 heteroatoms. The molecule has 3 rings (SSSR count). The highest BCUT2D eigenvalue weighted by Crippen LogP contribution is 2.42. The average molecular weight is 311 g/mol. The maximum atomic E-state index is 11.2. The molecule has 0 amide bonds. The van der Waals surface area contributed by atoms with Gasteiger partial charge in [0.1, 0.15) is 16.9 Å². The monoisotopic (exact) mass is 311 g/mol. The van der Waals surface area contributed by atoms with Crippen LogP contribution in [-0.2, 0) is 14.3 Å². The zero-order valence-electron chi connectivity index (χ0n) is 11.9. The Labute approximate surface area is 126 Å². The van der Waals surface area contributed by atoms with Gasteiger partial charge in [-0.1, -0.05) is 13.8 Å². The molecule has 1 N–H and O–H groups in total. The Hall–Kier alpha value is -1.54. The van der Waals surface area contributed by atoms with Gasteiger partial charge in [0.05, 0.1) is 0 Å². The summed E-state index contributed by atoms with van der Waals surface area (Å²) in [5.74, 6) is -1.30. The lowest BCUT2D eigenvalue weighted by atomic mass is 9.91. The van der Waals surface area contributed by atoms with Gasteiger partial charge in [-0.2, -0.15) is 4.37 Å². The SMILES string of the molecule is CC(C)c1nsc(C2CN3CC(OC(=O)C(=O)O)C2C3)n1. The molecule has 3 heterocycles. The molecule has 2 bridgehead atoms. The lowest BCUT2D eigenvalue weighted by Crippen LogP contribution is -2.37. The van der Waals surface area contributed by atoms with Crippen LogP contribution in [0.2, 0.25) is 0 Å². The third-order valence-corrected chi connectivity index (χ3v) is 4.94. The van der Waals surface area contributed by atoms with E-state index < -0.39 is 11.9 Å². The number of aromatic nitrogens is 2. The second-order valence-corrected chi connectivity index (χ2v) is 6.67. The van der Waals surface area contributed by atoms with Crippen molar-refractivity contribution in [3.63, 3.8) is 0 Å². The molecule has 2 fully saturated rings. The summed E-state index contributed by atoms with van der Waals surface area (Å²) in [5.41, 5.74) is 0. The first-order valence-corrected chi connectivity index (χ1v) is 7.72. The summed E-state index contributed by atoms with van der Waals surface area (Å²) in [5, 5.41) is 9.61. The molecule has 2 aliphatic rings. The number of esters is 1. The summed E-state index contributed by atoms with van der Waals surface area (Å²) in [6.07, 6.45) is -0.362. The zero-order chi connectivity index (χ0) is 15.1. The van der Waals surface area contributed by atoms with Crippen molar-refractivity contribution in [1.29, 1.82) is 0 Å². The quantitative estimate of drug-likeness (QED) is 0.648. The van der Waals surface area contributed by atoms with E-state index in [4.69, 9.17) is 9.84 Å². The number of rotatable bonds is 3. The number of piperidine rings is 1. The lowest BCUT2D eigenvalue weighted by Gasteiger charge is -2.27. The van der Waals surface area contributed by atoms with Crippen LogP contribution < -0.4 is 0 Å². The Morgan fingerprint density at radius 3 is 2.71 bits per heavy atom. The second-order valence-electron chi connectivity index (χ2n) is 5.88. The van der Waals surface area contributed by atoms with Gasteiger partial charge < -0.3 is 9.84 Å². The van der Waals surface area contributed by atoms with Crippen LogP contribution >= 0.6 is 11.5 Å². The molecular weight excluding hydrogens is 294 g/mol. The molecule has 0 radical (unpaired) electrons. The zero-order valence-corrected chi connectivity index (χ0v) is 12.7. The highest BCUT2D eigenvalue weighted by atomic mass is 32.1. The average Bonchev–Trinajstić information content (AvgIpc) is 3.12. The molecule has 1 aromatic heterocycles. The summed E-state index contributed by atoms with van der Waals surface area (Å²) in [4.78, 5) is 28.6. The van der Waals surface area contributed by atoms with Gasteiger partial charge in [-0.05, 0) is 11.5 Å². The number of carbonyl (C=O) groups is 2. The van der Waals surface area contributed by atoms with E-state index in [1.807, 2.05) is 13.8 Å². The molecule has 0 saturated carbocycles. The Kier molecular flexibility index (Phi) is 3.66. The van der Waals surface area contributed by atoms with Crippen LogP contribution in [0.3, 0.4) is 0 Å². The topological polar surface area (TPSA) is 92.6 Å². The number of aliphatic carboxylic acids is 1. The molecule has 4 atom stereocenters. The predicted molar refractivity (Wildman–Crippen MR) is 74.2 cm³/mol. The molecule has 114 valence electrons. The van der Waals surface area contributed by atoms with Gasteiger partial charge in [0, 0.05) is 37.4 Å². The molecule has 0 aliphatic carbocycles. The lowest BCUT2D eigenvalue weighted by molar-refractivity contribution is -0.168. The van der Waals surface area contributed by atoms with E-state index in [0.717, 1.165) is 23.9 Å². The van der Waals surface area contributed by atoms with Crippen molar-refractivity contribution < 1.29 is 19.4 Å². The van der Waals surface area contributed by atoms with E-state index in [9.17, 15) is 9.59 Å². The minimum absolute atomic E-state index is 0.112. The molecule has 7 nitrogen and oxygen atoms in total. The van der Waals surface area contributed by atoms with Gasteiger partial charge in [-0.3, -0.25) is 4.90 Å². The number of fused-ring (bicyclic) bond motifs is 2. The van der Waals surface area contributed by atoms with Crippen molar-refractivity contribution in [2.75, 3.05) is 19.6 Å². The predicted octanol–water partition coefficient (Wildman–Crippen LogP) is 0.687. The van der Waals surface area contributed by atoms with Crippen LogP contribution in [0.1, 0.15) is 36.5 Å². The first-order chi connectivity index (χ1) is 9.95. The summed E-state index contributed by atoms with van der Waals surface area (Å²) >= 11 is 1.40. The normalized spacial score (nSPS) is 30.8. The van der Waals surface area contributed by atoms with Crippen molar-refractivity contribution in [3.8, 4) is 0 Å². The van der Waals surface area contributed by atoms with Gasteiger partial charge in [-0.15, -0.1) is 0 Å². The minimum atomic E-state index is -1.54. The van der Waals surface area contributed by atoms with E-state index >= 15 is 0 Å². The maximum Gasteiger partial charge on any atom is 0.417 e. The number of carboxylic acids is 1. The Balaban J connectivity index is 1.73. The number of nitrogens with zero attached hydrogens (tertiary/aromatic N) is 3. The van der Waals surface area contributed by atoms with Crippen LogP contribution in [0.4, 0.5) is 0 Å². The van der Waals surface area contributed by atoms with Gasteiger partial charge in [-0.25, -0.2) is 14.6 Å². The van der Waals surface area contributed by atoms with Crippen molar-refractivity contribution in [2.24, 2.45) is 5.92 Å². The number of ether oxygens (including phenoxy) is 1. The smallest absolute Gasteiger partial charge is 0.417 e. The van der Waals surface area contributed by atoms with E-state index in [1.54, 1.807) is 0 Å². The summed E-state index contributed by atoms with van der Waals surface area (Å²) < 4.78 is 9.46. The van der Waals surface area contributed by atoms with Gasteiger partial charge in [0.2, 0.25) is 0 Å². The number of carbonyl (C=O) groups excluding carboxylic acids is 1. The van der Waals surface area contributed by atoms with Gasteiger partial charge in [0.15, 0.2) is 0 Å². The maximum absolute atomic E-state index is 11.2. The minimum Gasteiger partial charge on any atom is -0.473 e. The highest BCUT2D eigenvalue weighted by Gasteiger charge is 2.49. The third kappa shape index (κ3) is 2.65. The largest absolute Gasteiger partial charge is 0.473 e. The van der Waals surface area contributed by atoms with Crippen molar-refractivity contribution >= 4 is 23.5 Å². The van der Waals surface area contributed by atoms with Crippen LogP contribution in [0.15, 0.2) is 0 Å². The van der Waals surface area contributed by atoms with Crippen molar-refractivity contribution in [1.82, 2.24) is 14.3 Å². The molecule has 2 aliphatic heterocycles. The first-order valence-electron chi connectivity index (χ1n) is 6.95. The van der Waals surface area contributed by atoms with Crippen molar-refractivity contribution in [3.05, 3.63) is 10.8 Å². The molecule has 2 saturated heterocycles. The summed E-state index contributed by atoms with van der Waals surface area (Å²) in [6.45, 7) is 6.40. The molecule has 4 unspecified atom stereocenters. The standard InChI is InChI=1S/C13H17N3O4S/c1-6(2)10-14-11(21-15-10)8-4-16-3-7(8)9(5-16)20-13(19)12(17)18/h6-9H,3-5H2,1-2H3,(H,17,18). The molecule has 0 aromatic carbocycles. The Morgan fingerprint density at radius 1 is 1.38 bits per heavy atom. The fourth-order valence-electron chi connectivity index (χ4n) is 3.04. The van der Waals surface area contributed by atoms with Crippen molar-refractivity contribution in [2.45, 2.75) is 31.8 Å². The number of hydrogen-bond donors (Lipinski definition) is 1. The Bertz CT molecular complexity index is 574. The molecule has 0 spiro atoms. The third-order valence-electron chi connectivity index (χ3n) is 4.08. The van der Waals surface area contributed by atoms with E-state index in [1.165, 1.54) is 11.5 Å². The Morgan fingerprint density at radius 2 is 2.14 bits per heavy atom. The number of carboxylic acid groups (broad SMARTS) is 1. The molecule has 21 heavy (non-hydrogen) atoms. The highest BCUT2D eigenvalue weighted by molar-refractivity contribution is 7.05. The fraction of sp³-hybridized carbons (Fsp3) is 0.692.